The topological polar surface area (TPSA) is 74.5 Å². The third kappa shape index (κ3) is 4.40. The van der Waals surface area contributed by atoms with Crippen molar-refractivity contribution in [1.29, 1.82) is 0 Å². The number of aromatic nitrogens is 2. The highest BCUT2D eigenvalue weighted by Crippen LogP contribution is 2.39. The minimum absolute atomic E-state index is 0.0384. The third-order valence-corrected chi connectivity index (χ3v) is 5.90. The average Bonchev–Trinajstić information content (AvgIpc) is 3.50. The van der Waals surface area contributed by atoms with Crippen molar-refractivity contribution in [1.82, 2.24) is 15.0 Å². The molecule has 2 heterocycles. The fourth-order valence-corrected chi connectivity index (χ4v) is 4.09. The maximum atomic E-state index is 12.7. The van der Waals surface area contributed by atoms with Crippen LogP contribution < -0.4 is 10.2 Å². The molecule has 3 aromatic rings. The van der Waals surface area contributed by atoms with Crippen LogP contribution >= 0.6 is 0 Å². The highest BCUT2D eigenvalue weighted by Gasteiger charge is 2.29. The number of hydrogen-bond donors (Lipinski definition) is 1. The molecule has 0 bridgehead atoms. The number of anilines is 2. The van der Waals surface area contributed by atoms with Crippen LogP contribution in [-0.4, -0.2) is 47.3 Å². The molecule has 0 unspecified atom stereocenters. The van der Waals surface area contributed by atoms with Gasteiger partial charge in [0, 0.05) is 49.0 Å². The lowest BCUT2D eigenvalue weighted by Gasteiger charge is -2.36. The van der Waals surface area contributed by atoms with Gasteiger partial charge in [-0.25, -0.2) is 4.79 Å². The number of nitrogens with one attached hydrogen (secondary N) is 1. The minimum Gasteiger partial charge on any atom is -0.368 e. The Kier molecular flexibility index (Phi) is 5.10. The zero-order valence-corrected chi connectivity index (χ0v) is 18.0. The van der Waals surface area contributed by atoms with E-state index in [9.17, 15) is 4.79 Å². The van der Waals surface area contributed by atoms with Gasteiger partial charge in [-0.2, -0.15) is 4.98 Å². The van der Waals surface area contributed by atoms with Gasteiger partial charge in [0.15, 0.2) is 0 Å². The van der Waals surface area contributed by atoms with E-state index in [1.807, 2.05) is 43.0 Å². The average molecular weight is 418 g/mol. The molecule has 1 aliphatic heterocycles. The predicted molar refractivity (Wildman–Crippen MR) is 120 cm³/mol. The Labute approximate surface area is 182 Å². The number of hydrogen-bond acceptors (Lipinski definition) is 5. The molecule has 0 radical (unpaired) electrons. The summed E-state index contributed by atoms with van der Waals surface area (Å²) in [6.07, 6.45) is 2.30. The Hall–Kier alpha value is -3.35. The molecule has 7 heteroatoms. The zero-order valence-electron chi connectivity index (χ0n) is 18.0. The molecule has 1 saturated heterocycles. The van der Waals surface area contributed by atoms with Gasteiger partial charge < -0.3 is 19.6 Å². The SMILES string of the molecule is Cc1cc(C)cc(NC(=O)N2CCN(c3ccc(-c4noc(C5CC5)n4)cc3)CC2)c1. The van der Waals surface area contributed by atoms with E-state index in [0.29, 0.717) is 24.8 Å². The van der Waals surface area contributed by atoms with Crippen LogP contribution in [0.25, 0.3) is 11.4 Å². The quantitative estimate of drug-likeness (QED) is 0.672. The summed E-state index contributed by atoms with van der Waals surface area (Å²) in [6, 6.07) is 14.3. The van der Waals surface area contributed by atoms with Gasteiger partial charge in [0.2, 0.25) is 11.7 Å². The number of urea groups is 1. The molecule has 5 rings (SSSR count). The van der Waals surface area contributed by atoms with Crippen molar-refractivity contribution in [2.45, 2.75) is 32.6 Å². The first-order valence-electron chi connectivity index (χ1n) is 10.9. The van der Waals surface area contributed by atoms with Crippen LogP contribution in [-0.2, 0) is 0 Å². The molecule has 1 saturated carbocycles. The van der Waals surface area contributed by atoms with E-state index in [1.54, 1.807) is 0 Å². The molecule has 1 N–H and O–H groups in total. The summed E-state index contributed by atoms with van der Waals surface area (Å²) in [7, 11) is 0. The van der Waals surface area contributed by atoms with Gasteiger partial charge in [0.1, 0.15) is 0 Å². The van der Waals surface area contributed by atoms with Gasteiger partial charge in [-0.3, -0.25) is 0 Å². The molecule has 2 aromatic carbocycles. The fraction of sp³-hybridized carbons (Fsp3) is 0.375. The number of carbonyl (C=O) groups is 1. The van der Waals surface area contributed by atoms with E-state index >= 15 is 0 Å². The monoisotopic (exact) mass is 417 g/mol. The highest BCUT2D eigenvalue weighted by atomic mass is 16.5. The van der Waals surface area contributed by atoms with Crippen molar-refractivity contribution < 1.29 is 9.32 Å². The molecule has 0 spiro atoms. The Morgan fingerprint density at radius 2 is 1.68 bits per heavy atom. The summed E-state index contributed by atoms with van der Waals surface area (Å²) in [6.45, 7) is 7.05. The maximum absolute atomic E-state index is 12.7. The van der Waals surface area contributed by atoms with Gasteiger partial charge in [0.25, 0.3) is 0 Å². The van der Waals surface area contributed by atoms with Crippen LogP contribution in [0.1, 0.15) is 35.8 Å². The second-order valence-electron chi connectivity index (χ2n) is 8.56. The first kappa shape index (κ1) is 19.6. The van der Waals surface area contributed by atoms with E-state index in [-0.39, 0.29) is 6.03 Å². The van der Waals surface area contributed by atoms with Crippen molar-refractivity contribution in [3.8, 4) is 11.4 Å². The molecular weight excluding hydrogens is 390 g/mol. The number of carbonyl (C=O) groups excluding carboxylic acids is 1. The number of nitrogens with zero attached hydrogens (tertiary/aromatic N) is 4. The smallest absolute Gasteiger partial charge is 0.321 e. The van der Waals surface area contributed by atoms with Crippen LogP contribution in [0.5, 0.6) is 0 Å². The molecule has 31 heavy (non-hydrogen) atoms. The summed E-state index contributed by atoms with van der Waals surface area (Å²) in [4.78, 5) is 21.4. The predicted octanol–water partition coefficient (Wildman–Crippen LogP) is 4.58. The molecule has 1 aliphatic carbocycles. The fourth-order valence-electron chi connectivity index (χ4n) is 4.09. The molecular formula is C24H27N5O2. The van der Waals surface area contributed by atoms with Gasteiger partial charge in [0.05, 0.1) is 0 Å². The molecule has 0 atom stereocenters. The van der Waals surface area contributed by atoms with Crippen LogP contribution in [0, 0.1) is 13.8 Å². The lowest BCUT2D eigenvalue weighted by Crippen LogP contribution is -2.50. The molecule has 2 amide bonds. The minimum atomic E-state index is -0.0384. The second-order valence-corrected chi connectivity index (χ2v) is 8.56. The van der Waals surface area contributed by atoms with Crippen molar-refractivity contribution in [3.63, 3.8) is 0 Å². The van der Waals surface area contributed by atoms with Crippen LogP contribution in [0.15, 0.2) is 47.0 Å². The lowest BCUT2D eigenvalue weighted by molar-refractivity contribution is 0.208. The van der Waals surface area contributed by atoms with Gasteiger partial charge in [-0.05, 0) is 74.2 Å². The molecule has 7 nitrogen and oxygen atoms in total. The highest BCUT2D eigenvalue weighted by molar-refractivity contribution is 5.89. The summed E-state index contributed by atoms with van der Waals surface area (Å²) >= 11 is 0. The first-order valence-corrected chi connectivity index (χ1v) is 10.9. The zero-order chi connectivity index (χ0) is 21.4. The Morgan fingerprint density at radius 1 is 1.00 bits per heavy atom. The number of rotatable bonds is 4. The molecule has 160 valence electrons. The standard InChI is InChI=1S/C24H27N5O2/c1-16-13-17(2)15-20(14-16)25-24(30)29-11-9-28(10-12-29)21-7-5-18(6-8-21)22-26-23(31-27-22)19-3-4-19/h5-8,13-15,19H,3-4,9-12H2,1-2H3,(H,25,30). The Morgan fingerprint density at radius 3 is 2.32 bits per heavy atom. The number of piperazine rings is 1. The van der Waals surface area contributed by atoms with Crippen LogP contribution in [0.3, 0.4) is 0 Å². The van der Waals surface area contributed by atoms with Crippen LogP contribution in [0.4, 0.5) is 16.2 Å². The summed E-state index contributed by atoms with van der Waals surface area (Å²) < 4.78 is 5.36. The normalized spacial score (nSPS) is 16.5. The number of aryl methyl sites for hydroxylation is 2. The van der Waals surface area contributed by atoms with E-state index < -0.39 is 0 Å². The van der Waals surface area contributed by atoms with E-state index in [4.69, 9.17) is 4.52 Å². The molecule has 2 aliphatic rings. The summed E-state index contributed by atoms with van der Waals surface area (Å²) in [5, 5.41) is 7.15. The van der Waals surface area contributed by atoms with Gasteiger partial charge in [-0.15, -0.1) is 0 Å². The van der Waals surface area contributed by atoms with E-state index in [1.165, 1.54) is 0 Å². The number of amides is 2. The second kappa shape index (κ2) is 8.06. The molecule has 2 fully saturated rings. The maximum Gasteiger partial charge on any atom is 0.321 e. The summed E-state index contributed by atoms with van der Waals surface area (Å²) in [5.41, 5.74) is 5.25. The third-order valence-electron chi connectivity index (χ3n) is 5.90. The van der Waals surface area contributed by atoms with Gasteiger partial charge >= 0.3 is 6.03 Å². The van der Waals surface area contributed by atoms with Crippen LogP contribution in [0.2, 0.25) is 0 Å². The summed E-state index contributed by atoms with van der Waals surface area (Å²) in [5.74, 6) is 1.87. The van der Waals surface area contributed by atoms with Crippen molar-refractivity contribution in [2.75, 3.05) is 36.4 Å². The van der Waals surface area contributed by atoms with Crippen molar-refractivity contribution >= 4 is 17.4 Å². The van der Waals surface area contributed by atoms with Crippen molar-refractivity contribution in [3.05, 3.63) is 59.5 Å². The van der Waals surface area contributed by atoms with E-state index in [2.05, 4.69) is 38.6 Å². The lowest BCUT2D eigenvalue weighted by atomic mass is 10.1. The first-order chi connectivity index (χ1) is 15.0. The Bertz CT molecular complexity index is 1060. The van der Waals surface area contributed by atoms with Gasteiger partial charge in [-0.1, -0.05) is 11.2 Å². The largest absolute Gasteiger partial charge is 0.368 e. The van der Waals surface area contributed by atoms with E-state index in [0.717, 1.165) is 59.9 Å². The molecule has 1 aromatic heterocycles. The number of benzene rings is 2. The Balaban J connectivity index is 1.17. The van der Waals surface area contributed by atoms with Crippen molar-refractivity contribution in [2.24, 2.45) is 0 Å².